The summed E-state index contributed by atoms with van der Waals surface area (Å²) in [5, 5.41) is 4.22. The molecule has 3 aromatic rings. The van der Waals surface area contributed by atoms with Gasteiger partial charge in [-0.1, -0.05) is 47.5 Å². The van der Waals surface area contributed by atoms with Crippen molar-refractivity contribution in [3.8, 4) is 0 Å². The van der Waals surface area contributed by atoms with Gasteiger partial charge in [0.15, 0.2) is 0 Å². The highest BCUT2D eigenvalue weighted by molar-refractivity contribution is 6.46. The van der Waals surface area contributed by atoms with Crippen molar-refractivity contribution in [2.75, 3.05) is 10.2 Å². The molecule has 0 radical (unpaired) electrons. The van der Waals surface area contributed by atoms with Crippen molar-refractivity contribution < 1.29 is 9.59 Å². The van der Waals surface area contributed by atoms with E-state index in [0.29, 0.717) is 21.3 Å². The summed E-state index contributed by atoms with van der Waals surface area (Å²) in [7, 11) is 0. The summed E-state index contributed by atoms with van der Waals surface area (Å²) in [5.41, 5.74) is 5.35. The van der Waals surface area contributed by atoms with Gasteiger partial charge in [0, 0.05) is 15.7 Å². The molecule has 0 aliphatic carbocycles. The molecule has 0 aromatic heterocycles. The van der Waals surface area contributed by atoms with Crippen molar-refractivity contribution >= 4 is 52.0 Å². The van der Waals surface area contributed by atoms with E-state index in [1.807, 2.05) is 39.0 Å². The van der Waals surface area contributed by atoms with Gasteiger partial charge in [0.2, 0.25) is 0 Å². The lowest BCUT2D eigenvalue weighted by Crippen LogP contribution is -2.32. The molecule has 1 aliphatic heterocycles. The average molecular weight is 451 g/mol. The lowest BCUT2D eigenvalue weighted by molar-refractivity contribution is -0.120. The highest BCUT2D eigenvalue weighted by Crippen LogP contribution is 2.35. The lowest BCUT2D eigenvalue weighted by atomic mass is 10.0. The minimum absolute atomic E-state index is 0.215. The smallest absolute Gasteiger partial charge is 0.282 e. The van der Waals surface area contributed by atoms with Crippen LogP contribution in [0, 0.1) is 20.8 Å². The van der Waals surface area contributed by atoms with Gasteiger partial charge in [0.25, 0.3) is 11.8 Å². The zero-order chi connectivity index (χ0) is 22.3. The van der Waals surface area contributed by atoms with Crippen LogP contribution in [-0.2, 0) is 9.59 Å². The van der Waals surface area contributed by atoms with E-state index in [0.717, 1.165) is 27.3 Å². The first-order valence-electron chi connectivity index (χ1n) is 9.75. The highest BCUT2D eigenvalue weighted by Gasteiger charge is 2.40. The molecular formula is C25H20Cl2N2O2. The Morgan fingerprint density at radius 3 is 2.06 bits per heavy atom. The predicted octanol–water partition coefficient (Wildman–Crippen LogP) is 6.32. The Hall–Kier alpha value is -3.08. The molecule has 31 heavy (non-hydrogen) atoms. The van der Waals surface area contributed by atoms with E-state index in [1.165, 1.54) is 0 Å². The Morgan fingerprint density at radius 1 is 0.742 bits per heavy atom. The molecule has 3 aromatic carbocycles. The molecule has 1 aliphatic rings. The molecule has 0 bridgehead atoms. The van der Waals surface area contributed by atoms with Crippen LogP contribution in [0.5, 0.6) is 0 Å². The molecule has 4 rings (SSSR count). The molecule has 0 spiro atoms. The summed E-state index contributed by atoms with van der Waals surface area (Å²) in [4.78, 5) is 28.0. The molecule has 2 amide bonds. The SMILES string of the molecule is Cc1ccc(NC2=C(c3ccc(Cl)cc3)C(=O)N(c3ccc(C)c(Cl)c3)C2=O)cc1C. The fourth-order valence-corrected chi connectivity index (χ4v) is 3.75. The van der Waals surface area contributed by atoms with Crippen molar-refractivity contribution in [3.05, 3.63) is 98.7 Å². The maximum Gasteiger partial charge on any atom is 0.282 e. The summed E-state index contributed by atoms with van der Waals surface area (Å²) < 4.78 is 0. The molecule has 6 heteroatoms. The molecule has 1 N–H and O–H groups in total. The molecule has 0 atom stereocenters. The summed E-state index contributed by atoms with van der Waals surface area (Å²) in [6, 6.07) is 17.8. The van der Waals surface area contributed by atoms with Crippen LogP contribution in [-0.4, -0.2) is 11.8 Å². The van der Waals surface area contributed by atoms with Gasteiger partial charge in [-0.3, -0.25) is 9.59 Å². The second kappa shape index (κ2) is 8.22. The predicted molar refractivity (Wildman–Crippen MR) is 127 cm³/mol. The van der Waals surface area contributed by atoms with Crippen LogP contribution in [0.3, 0.4) is 0 Å². The van der Waals surface area contributed by atoms with Crippen LogP contribution in [0.1, 0.15) is 22.3 Å². The Labute approximate surface area is 191 Å². The minimum Gasteiger partial charge on any atom is -0.350 e. The number of aryl methyl sites for hydroxylation is 3. The van der Waals surface area contributed by atoms with Crippen molar-refractivity contribution in [1.29, 1.82) is 0 Å². The molecule has 1 heterocycles. The molecule has 0 unspecified atom stereocenters. The number of hydrogen-bond donors (Lipinski definition) is 1. The fraction of sp³-hybridized carbons (Fsp3) is 0.120. The number of anilines is 2. The van der Waals surface area contributed by atoms with Crippen molar-refractivity contribution in [1.82, 2.24) is 0 Å². The zero-order valence-corrected chi connectivity index (χ0v) is 18.8. The number of carbonyl (C=O) groups is 2. The van der Waals surface area contributed by atoms with Crippen molar-refractivity contribution in [3.63, 3.8) is 0 Å². The number of rotatable bonds is 4. The maximum absolute atomic E-state index is 13.5. The quantitative estimate of drug-likeness (QED) is 0.473. The number of nitrogens with zero attached hydrogens (tertiary/aromatic N) is 1. The normalized spacial score (nSPS) is 13.9. The lowest BCUT2D eigenvalue weighted by Gasteiger charge is -2.16. The second-order valence-corrected chi connectivity index (χ2v) is 8.40. The monoisotopic (exact) mass is 450 g/mol. The Bertz CT molecular complexity index is 1250. The Morgan fingerprint density at radius 2 is 1.42 bits per heavy atom. The van der Waals surface area contributed by atoms with E-state index < -0.39 is 11.8 Å². The van der Waals surface area contributed by atoms with Crippen LogP contribution in [0.25, 0.3) is 5.57 Å². The maximum atomic E-state index is 13.5. The molecule has 0 saturated carbocycles. The van der Waals surface area contributed by atoms with E-state index in [9.17, 15) is 9.59 Å². The van der Waals surface area contributed by atoms with Gasteiger partial charge >= 0.3 is 0 Å². The number of carbonyl (C=O) groups excluding carboxylic acids is 2. The van der Waals surface area contributed by atoms with E-state index >= 15 is 0 Å². The summed E-state index contributed by atoms with van der Waals surface area (Å²) in [5.74, 6) is -0.855. The standard InChI is InChI=1S/C25H20Cl2N2O2/c1-14-4-10-19(12-16(14)3)28-23-22(17-6-8-18(26)9-7-17)24(30)29(25(23)31)20-11-5-15(2)21(27)13-20/h4-13,28H,1-3H3. The van der Waals surface area contributed by atoms with Gasteiger partial charge in [-0.05, 0) is 79.4 Å². The summed E-state index contributed by atoms with van der Waals surface area (Å²) >= 11 is 12.3. The number of imide groups is 1. The number of amides is 2. The van der Waals surface area contributed by atoms with Gasteiger partial charge in [-0.2, -0.15) is 0 Å². The van der Waals surface area contributed by atoms with Crippen LogP contribution >= 0.6 is 23.2 Å². The Balaban J connectivity index is 1.83. The number of benzene rings is 3. The van der Waals surface area contributed by atoms with Crippen LogP contribution in [0.2, 0.25) is 10.0 Å². The third kappa shape index (κ3) is 3.97. The second-order valence-electron chi connectivity index (χ2n) is 7.56. The first kappa shape index (κ1) is 21.2. The van der Waals surface area contributed by atoms with Crippen molar-refractivity contribution in [2.24, 2.45) is 0 Å². The Kier molecular flexibility index (Phi) is 5.61. The van der Waals surface area contributed by atoms with Gasteiger partial charge in [-0.15, -0.1) is 0 Å². The van der Waals surface area contributed by atoms with Crippen LogP contribution in [0.15, 0.2) is 66.4 Å². The van der Waals surface area contributed by atoms with Crippen molar-refractivity contribution in [2.45, 2.75) is 20.8 Å². The zero-order valence-electron chi connectivity index (χ0n) is 17.3. The van der Waals surface area contributed by atoms with Gasteiger partial charge in [0.1, 0.15) is 5.70 Å². The van der Waals surface area contributed by atoms with E-state index in [1.54, 1.807) is 42.5 Å². The molecule has 0 saturated heterocycles. The van der Waals surface area contributed by atoms with Gasteiger partial charge < -0.3 is 5.32 Å². The van der Waals surface area contributed by atoms with Crippen LogP contribution in [0.4, 0.5) is 11.4 Å². The van der Waals surface area contributed by atoms with E-state index in [4.69, 9.17) is 23.2 Å². The third-order valence-corrected chi connectivity index (χ3v) is 6.07. The molecule has 0 fully saturated rings. The molecular weight excluding hydrogens is 431 g/mol. The minimum atomic E-state index is -0.437. The average Bonchev–Trinajstić information content (AvgIpc) is 2.97. The van der Waals surface area contributed by atoms with Gasteiger partial charge in [0.05, 0.1) is 11.3 Å². The van der Waals surface area contributed by atoms with Crippen LogP contribution < -0.4 is 10.2 Å². The first-order valence-corrected chi connectivity index (χ1v) is 10.5. The van der Waals surface area contributed by atoms with E-state index in [2.05, 4.69) is 5.32 Å². The van der Waals surface area contributed by atoms with Gasteiger partial charge in [-0.25, -0.2) is 4.90 Å². The highest BCUT2D eigenvalue weighted by atomic mass is 35.5. The molecule has 156 valence electrons. The third-order valence-electron chi connectivity index (χ3n) is 5.41. The molecule has 4 nitrogen and oxygen atoms in total. The number of halogens is 2. The summed E-state index contributed by atoms with van der Waals surface area (Å²) in [6.45, 7) is 5.88. The van der Waals surface area contributed by atoms with E-state index in [-0.39, 0.29) is 11.3 Å². The topological polar surface area (TPSA) is 49.4 Å². The largest absolute Gasteiger partial charge is 0.350 e. The number of nitrogens with one attached hydrogen (secondary N) is 1. The first-order chi connectivity index (χ1) is 14.8. The fourth-order valence-electron chi connectivity index (χ4n) is 3.45. The summed E-state index contributed by atoms with van der Waals surface area (Å²) in [6.07, 6.45) is 0. The number of hydrogen-bond acceptors (Lipinski definition) is 3.